The molecule has 3 aliphatic rings. The van der Waals surface area contributed by atoms with Crippen LogP contribution in [0.1, 0.15) is 63.4 Å². The number of nitrogens with one attached hydrogen (secondary N) is 2. The van der Waals surface area contributed by atoms with Gasteiger partial charge in [0, 0.05) is 68.0 Å². The van der Waals surface area contributed by atoms with Crippen molar-refractivity contribution >= 4 is 52.2 Å². The topological polar surface area (TPSA) is 59.6 Å². The van der Waals surface area contributed by atoms with Crippen molar-refractivity contribution in [1.29, 1.82) is 0 Å². The van der Waals surface area contributed by atoms with Crippen molar-refractivity contribution in [3.05, 3.63) is 71.2 Å². The van der Waals surface area contributed by atoms with E-state index in [2.05, 4.69) is 73.9 Å². The predicted molar refractivity (Wildman–Crippen MR) is 184 cm³/mol. The number of piperazine rings is 1. The summed E-state index contributed by atoms with van der Waals surface area (Å²) in [5.74, 6) is 2.54. The first kappa shape index (κ1) is 29.9. The van der Waals surface area contributed by atoms with Gasteiger partial charge in [0.25, 0.3) is 0 Å². The molecule has 3 aromatic rings. The lowest BCUT2D eigenvalue weighted by Crippen LogP contribution is -2.47. The van der Waals surface area contributed by atoms with Crippen LogP contribution in [0, 0.1) is 0 Å². The second-order valence-corrected chi connectivity index (χ2v) is 13.1. The Morgan fingerprint density at radius 2 is 1.30 bits per heavy atom. The summed E-state index contributed by atoms with van der Waals surface area (Å²) in [6.45, 7) is 6.59. The summed E-state index contributed by atoms with van der Waals surface area (Å²) in [7, 11) is 0. The van der Waals surface area contributed by atoms with Gasteiger partial charge in [0.15, 0.2) is 5.11 Å². The van der Waals surface area contributed by atoms with Gasteiger partial charge in [-0.15, -0.1) is 0 Å². The minimum atomic E-state index is 0.0485. The summed E-state index contributed by atoms with van der Waals surface area (Å²) >= 11 is 12.1. The van der Waals surface area contributed by atoms with Gasteiger partial charge in [-0.05, 0) is 67.7 Å². The molecule has 228 valence electrons. The largest absolute Gasteiger partial charge is 0.368 e. The minimum absolute atomic E-state index is 0.0485. The highest BCUT2D eigenvalue weighted by atomic mass is 35.5. The van der Waals surface area contributed by atoms with Gasteiger partial charge in [0.05, 0.1) is 0 Å². The van der Waals surface area contributed by atoms with Crippen molar-refractivity contribution in [3.63, 3.8) is 0 Å². The van der Waals surface area contributed by atoms with Gasteiger partial charge in [-0.1, -0.05) is 74.0 Å². The number of hydrogen-bond donors (Lipinski definition) is 2. The molecular weight excluding hydrogens is 574 g/mol. The highest BCUT2D eigenvalue weighted by Crippen LogP contribution is 2.39. The molecule has 7 nitrogen and oxygen atoms in total. The van der Waals surface area contributed by atoms with Crippen LogP contribution >= 0.6 is 23.8 Å². The first-order valence-corrected chi connectivity index (χ1v) is 16.9. The number of halogens is 1. The minimum Gasteiger partial charge on any atom is -0.368 e. The Labute approximate surface area is 267 Å². The summed E-state index contributed by atoms with van der Waals surface area (Å²) in [5, 5.41) is 8.29. The highest BCUT2D eigenvalue weighted by Gasteiger charge is 2.34. The van der Waals surface area contributed by atoms with Crippen molar-refractivity contribution in [2.75, 3.05) is 65.8 Å². The fraction of sp³-hybridized carbons (Fsp3) is 0.500. The molecule has 1 aliphatic carbocycles. The highest BCUT2D eigenvalue weighted by molar-refractivity contribution is 7.80. The maximum Gasteiger partial charge on any atom is 0.232 e. The number of hydrogen-bond acceptors (Lipinski definition) is 6. The number of rotatable bonds is 7. The second-order valence-electron chi connectivity index (χ2n) is 12.3. The van der Waals surface area contributed by atoms with Crippen LogP contribution in [0.25, 0.3) is 0 Å². The van der Waals surface area contributed by atoms with Crippen LogP contribution in [0.5, 0.6) is 0 Å². The van der Waals surface area contributed by atoms with Gasteiger partial charge in [0.1, 0.15) is 11.6 Å². The van der Waals surface area contributed by atoms with Gasteiger partial charge in [-0.25, -0.2) is 0 Å². The second kappa shape index (κ2) is 14.1. The van der Waals surface area contributed by atoms with E-state index in [0.717, 1.165) is 75.3 Å². The summed E-state index contributed by atoms with van der Waals surface area (Å²) in [6, 6.07) is 21.2. The molecule has 9 heteroatoms. The van der Waals surface area contributed by atoms with E-state index in [1.165, 1.54) is 56.2 Å². The van der Waals surface area contributed by atoms with E-state index in [4.69, 9.17) is 33.8 Å². The zero-order valence-corrected chi connectivity index (χ0v) is 26.7. The monoisotopic (exact) mass is 617 g/mol. The molecule has 2 aromatic carbocycles. The molecule has 1 aromatic heterocycles. The Morgan fingerprint density at radius 3 is 1.95 bits per heavy atom. The van der Waals surface area contributed by atoms with Crippen molar-refractivity contribution in [2.45, 2.75) is 63.2 Å². The molecule has 0 atom stereocenters. The first-order chi connectivity index (χ1) is 21.1. The number of aromatic nitrogens is 2. The molecule has 43 heavy (non-hydrogen) atoms. The van der Waals surface area contributed by atoms with Crippen LogP contribution in [0.4, 0.5) is 23.3 Å². The summed E-state index contributed by atoms with van der Waals surface area (Å²) < 4.78 is 0. The zero-order valence-electron chi connectivity index (χ0n) is 25.1. The van der Waals surface area contributed by atoms with Crippen LogP contribution in [0.2, 0.25) is 5.02 Å². The average molecular weight is 618 g/mol. The van der Waals surface area contributed by atoms with Crippen LogP contribution in [0.3, 0.4) is 0 Å². The van der Waals surface area contributed by atoms with Gasteiger partial charge >= 0.3 is 0 Å². The molecular formula is C34H44ClN7S. The number of nitrogens with zero attached hydrogens (tertiary/aromatic N) is 5. The maximum atomic E-state index is 6.23. The molecule has 2 aliphatic heterocycles. The molecule has 0 radical (unpaired) electrons. The predicted octanol–water partition coefficient (Wildman–Crippen LogP) is 7.03. The average Bonchev–Trinajstić information content (AvgIpc) is 3.35. The van der Waals surface area contributed by atoms with Gasteiger partial charge in [-0.2, -0.15) is 9.97 Å². The van der Waals surface area contributed by atoms with Crippen LogP contribution in [-0.4, -0.2) is 60.9 Å². The van der Waals surface area contributed by atoms with E-state index < -0.39 is 0 Å². The van der Waals surface area contributed by atoms with Gasteiger partial charge in [0.2, 0.25) is 5.95 Å². The quantitative estimate of drug-likeness (QED) is 0.274. The fourth-order valence-electron chi connectivity index (χ4n) is 6.93. The van der Waals surface area contributed by atoms with Crippen molar-refractivity contribution < 1.29 is 0 Å². The number of anilines is 4. The molecule has 3 heterocycles. The maximum absolute atomic E-state index is 6.23. The van der Waals surface area contributed by atoms with Gasteiger partial charge in [-0.3, -0.25) is 0 Å². The third-order valence-electron chi connectivity index (χ3n) is 9.43. The molecule has 3 fully saturated rings. The molecule has 0 bridgehead atoms. The Bertz CT molecular complexity index is 1330. The van der Waals surface area contributed by atoms with E-state index in [1.807, 2.05) is 12.1 Å². The van der Waals surface area contributed by atoms with Gasteiger partial charge < -0.3 is 25.3 Å². The zero-order chi connectivity index (χ0) is 29.5. The van der Waals surface area contributed by atoms with Crippen molar-refractivity contribution in [1.82, 2.24) is 15.3 Å². The molecule has 0 spiro atoms. The molecule has 6 rings (SSSR count). The molecule has 2 saturated heterocycles. The lowest BCUT2D eigenvalue weighted by molar-refractivity contribution is 0.292. The lowest BCUT2D eigenvalue weighted by Gasteiger charge is -2.38. The Hall–Kier alpha value is -3.10. The Kier molecular flexibility index (Phi) is 9.84. The molecule has 0 amide bonds. The van der Waals surface area contributed by atoms with Crippen LogP contribution in [0.15, 0.2) is 60.7 Å². The SMILES string of the molecule is S=C(NCC1(c2ccc(Cl)cc2)CCCCC1)Nc1nc(N2CCCCCC2)cc(N2CCN(c3ccccc3)CC2)n1. The Morgan fingerprint density at radius 1 is 0.721 bits per heavy atom. The normalized spacial score (nSPS) is 19.0. The van der Waals surface area contributed by atoms with Crippen molar-refractivity contribution in [3.8, 4) is 0 Å². The van der Waals surface area contributed by atoms with E-state index >= 15 is 0 Å². The number of benzene rings is 2. The third kappa shape index (κ3) is 7.52. The van der Waals surface area contributed by atoms with Crippen LogP contribution < -0.4 is 25.3 Å². The Balaban J connectivity index is 1.17. The summed E-state index contributed by atoms with van der Waals surface area (Å²) in [4.78, 5) is 17.3. The smallest absolute Gasteiger partial charge is 0.232 e. The van der Waals surface area contributed by atoms with E-state index in [9.17, 15) is 0 Å². The number of para-hydroxylation sites is 1. The van der Waals surface area contributed by atoms with E-state index in [1.54, 1.807) is 0 Å². The standard InChI is InChI=1S/C34H44ClN7S/c35-28-15-13-27(14-16-28)34(17-7-4-8-18-34)26-36-33(43)39-32-37-30(41-19-9-1-2-10-20-41)25-31(38-32)42-23-21-40(22-24-42)29-11-5-3-6-12-29/h3,5-6,11-16,25H,1-2,4,7-10,17-24,26H2,(H2,36,37,38,39,43). The van der Waals surface area contributed by atoms with Crippen LogP contribution in [-0.2, 0) is 5.41 Å². The summed E-state index contributed by atoms with van der Waals surface area (Å²) in [5.41, 5.74) is 2.67. The fourth-order valence-corrected chi connectivity index (χ4v) is 7.22. The molecule has 1 saturated carbocycles. The molecule has 0 unspecified atom stereocenters. The van der Waals surface area contributed by atoms with Crippen molar-refractivity contribution in [2.24, 2.45) is 0 Å². The molecule has 2 N–H and O–H groups in total. The number of thiocarbonyl (C=S) groups is 1. The summed E-state index contributed by atoms with van der Waals surface area (Å²) in [6.07, 6.45) is 11.0. The van der Waals surface area contributed by atoms with E-state index in [0.29, 0.717) is 11.1 Å². The third-order valence-corrected chi connectivity index (χ3v) is 9.93. The van der Waals surface area contributed by atoms with E-state index in [-0.39, 0.29) is 5.41 Å². The first-order valence-electron chi connectivity index (χ1n) is 16.1. The lowest BCUT2D eigenvalue weighted by atomic mass is 9.69.